The number of fused-ring (bicyclic) bond motifs is 1. The van der Waals surface area contributed by atoms with Crippen LogP contribution in [0.2, 0.25) is 0 Å². The van der Waals surface area contributed by atoms with Crippen molar-refractivity contribution in [1.29, 1.82) is 0 Å². The molecule has 0 aliphatic carbocycles. The van der Waals surface area contributed by atoms with Gasteiger partial charge >= 0.3 is 12.2 Å². The van der Waals surface area contributed by atoms with Gasteiger partial charge in [-0.3, -0.25) is 0 Å². The highest BCUT2D eigenvalue weighted by atomic mass is 16.6. The number of nitrogens with one attached hydrogen (secondary N) is 1. The van der Waals surface area contributed by atoms with Crippen molar-refractivity contribution >= 4 is 17.9 Å². The molecular formula is C24H31N3O4. The van der Waals surface area contributed by atoms with Gasteiger partial charge in [-0.1, -0.05) is 30.3 Å². The summed E-state index contributed by atoms with van der Waals surface area (Å²) < 4.78 is 11.1. The fourth-order valence-electron chi connectivity index (χ4n) is 3.25. The third-order valence-electron chi connectivity index (χ3n) is 4.47. The minimum atomic E-state index is -0.797. The second-order valence-corrected chi connectivity index (χ2v) is 9.55. The minimum absolute atomic E-state index is 0.357. The standard InChI is InChI=1S/C24H31N3O4/c1-23(2,3)30-21(28)27(22(29)31-24(4,5)6)19-14-17-12-13-25-15-18(17)26-20(19)16-10-8-7-9-11-16/h7-11,14,25H,12-13,15H2,1-6H3. The Morgan fingerprint density at radius 2 is 1.55 bits per heavy atom. The van der Waals surface area contributed by atoms with Crippen LogP contribution in [-0.4, -0.2) is 34.9 Å². The summed E-state index contributed by atoms with van der Waals surface area (Å²) in [7, 11) is 0. The lowest BCUT2D eigenvalue weighted by Crippen LogP contribution is -2.44. The Morgan fingerprint density at radius 3 is 2.10 bits per heavy atom. The molecule has 2 amide bonds. The van der Waals surface area contributed by atoms with E-state index < -0.39 is 23.4 Å². The van der Waals surface area contributed by atoms with Gasteiger partial charge < -0.3 is 14.8 Å². The molecule has 2 aromatic rings. The van der Waals surface area contributed by atoms with Crippen molar-refractivity contribution in [1.82, 2.24) is 10.3 Å². The average Bonchev–Trinajstić information content (AvgIpc) is 2.65. The van der Waals surface area contributed by atoms with E-state index in [-0.39, 0.29) is 0 Å². The SMILES string of the molecule is CC(C)(C)OC(=O)N(C(=O)OC(C)(C)C)c1cc2c(nc1-c1ccccc1)CNCC2. The van der Waals surface area contributed by atoms with E-state index in [1.165, 1.54) is 0 Å². The van der Waals surface area contributed by atoms with Crippen molar-refractivity contribution < 1.29 is 19.1 Å². The summed E-state index contributed by atoms with van der Waals surface area (Å²) in [5, 5.41) is 3.32. The van der Waals surface area contributed by atoms with Crippen molar-refractivity contribution in [3.8, 4) is 11.3 Å². The number of pyridine rings is 1. The van der Waals surface area contributed by atoms with E-state index in [2.05, 4.69) is 5.32 Å². The molecule has 0 spiro atoms. The molecule has 7 nitrogen and oxygen atoms in total. The van der Waals surface area contributed by atoms with Crippen molar-refractivity contribution in [2.75, 3.05) is 11.4 Å². The summed E-state index contributed by atoms with van der Waals surface area (Å²) in [4.78, 5) is 32.2. The molecule has 0 saturated carbocycles. The maximum absolute atomic E-state index is 13.2. The molecule has 1 aliphatic rings. The molecule has 0 bridgehead atoms. The maximum Gasteiger partial charge on any atom is 0.424 e. The molecule has 0 unspecified atom stereocenters. The number of hydrogen-bond acceptors (Lipinski definition) is 6. The number of rotatable bonds is 2. The lowest BCUT2D eigenvalue weighted by atomic mass is 10.0. The highest BCUT2D eigenvalue weighted by Gasteiger charge is 2.35. The van der Waals surface area contributed by atoms with Crippen LogP contribution >= 0.6 is 0 Å². The van der Waals surface area contributed by atoms with Crippen LogP contribution in [0.15, 0.2) is 36.4 Å². The van der Waals surface area contributed by atoms with E-state index in [4.69, 9.17) is 14.5 Å². The molecule has 0 saturated heterocycles. The van der Waals surface area contributed by atoms with E-state index in [0.717, 1.165) is 34.7 Å². The Bertz CT molecular complexity index is 931. The number of amides is 2. The third kappa shape index (κ3) is 5.82. The van der Waals surface area contributed by atoms with Gasteiger partial charge in [0.15, 0.2) is 0 Å². The first kappa shape index (κ1) is 22.7. The molecule has 2 heterocycles. The molecule has 0 radical (unpaired) electrons. The second kappa shape index (κ2) is 8.67. The van der Waals surface area contributed by atoms with Gasteiger partial charge in [0.05, 0.1) is 17.1 Å². The molecule has 7 heteroatoms. The summed E-state index contributed by atoms with van der Waals surface area (Å²) in [5.41, 5.74) is 2.01. The van der Waals surface area contributed by atoms with Crippen LogP contribution in [0.25, 0.3) is 11.3 Å². The quantitative estimate of drug-likeness (QED) is 0.723. The Balaban J connectivity index is 2.18. The van der Waals surface area contributed by atoms with Crippen LogP contribution in [0.4, 0.5) is 15.3 Å². The number of nitrogens with zero attached hydrogens (tertiary/aromatic N) is 2. The van der Waals surface area contributed by atoms with Crippen molar-refractivity contribution in [2.24, 2.45) is 0 Å². The molecule has 166 valence electrons. The molecule has 31 heavy (non-hydrogen) atoms. The van der Waals surface area contributed by atoms with Gasteiger partial charge in [0, 0.05) is 12.1 Å². The Hall–Kier alpha value is -2.93. The van der Waals surface area contributed by atoms with Crippen molar-refractivity contribution in [3.63, 3.8) is 0 Å². The molecule has 1 aromatic carbocycles. The number of carbonyl (C=O) groups is 2. The zero-order valence-electron chi connectivity index (χ0n) is 19.1. The maximum atomic E-state index is 13.2. The number of ether oxygens (including phenoxy) is 2. The molecule has 0 fully saturated rings. The molecule has 1 aliphatic heterocycles. The minimum Gasteiger partial charge on any atom is -0.443 e. The van der Waals surface area contributed by atoms with Crippen LogP contribution < -0.4 is 10.2 Å². The Kier molecular flexibility index (Phi) is 6.36. The number of imide groups is 1. The van der Waals surface area contributed by atoms with E-state index in [0.29, 0.717) is 17.9 Å². The van der Waals surface area contributed by atoms with Gasteiger partial charge in [-0.2, -0.15) is 4.90 Å². The Labute approximate surface area is 183 Å². The summed E-state index contributed by atoms with van der Waals surface area (Å²) in [6, 6.07) is 11.4. The lowest BCUT2D eigenvalue weighted by molar-refractivity contribution is 0.0430. The predicted octanol–water partition coefficient (Wildman–Crippen LogP) is 5.07. The topological polar surface area (TPSA) is 80.8 Å². The zero-order valence-corrected chi connectivity index (χ0v) is 19.1. The summed E-state index contributed by atoms with van der Waals surface area (Å²) in [6.45, 7) is 12.0. The average molecular weight is 426 g/mol. The zero-order chi connectivity index (χ0) is 22.8. The highest BCUT2D eigenvalue weighted by Crippen LogP contribution is 2.34. The smallest absolute Gasteiger partial charge is 0.424 e. The summed E-state index contributed by atoms with van der Waals surface area (Å²) in [6.07, 6.45) is -0.842. The van der Waals surface area contributed by atoms with E-state index in [1.54, 1.807) is 41.5 Å². The van der Waals surface area contributed by atoms with E-state index in [9.17, 15) is 9.59 Å². The summed E-state index contributed by atoms with van der Waals surface area (Å²) in [5.74, 6) is 0. The van der Waals surface area contributed by atoms with Gasteiger partial charge in [0.25, 0.3) is 0 Å². The molecule has 1 aromatic heterocycles. The highest BCUT2D eigenvalue weighted by molar-refractivity contribution is 6.11. The largest absolute Gasteiger partial charge is 0.443 e. The fourth-order valence-corrected chi connectivity index (χ4v) is 3.25. The monoisotopic (exact) mass is 425 g/mol. The van der Waals surface area contributed by atoms with Gasteiger partial charge in [0.1, 0.15) is 11.2 Å². The predicted molar refractivity (Wildman–Crippen MR) is 120 cm³/mol. The number of anilines is 1. The fraction of sp³-hybridized carbons (Fsp3) is 0.458. The van der Waals surface area contributed by atoms with Crippen LogP contribution in [0.1, 0.15) is 52.8 Å². The van der Waals surface area contributed by atoms with Crippen molar-refractivity contribution in [3.05, 3.63) is 47.7 Å². The number of carbonyl (C=O) groups excluding carboxylic acids is 2. The molecule has 0 atom stereocenters. The van der Waals surface area contributed by atoms with Gasteiger partial charge in [0.2, 0.25) is 0 Å². The first-order valence-electron chi connectivity index (χ1n) is 10.5. The van der Waals surface area contributed by atoms with Gasteiger partial charge in [-0.05, 0) is 66.1 Å². The third-order valence-corrected chi connectivity index (χ3v) is 4.47. The normalized spacial score (nSPS) is 13.9. The van der Waals surface area contributed by atoms with Crippen LogP contribution in [-0.2, 0) is 22.4 Å². The van der Waals surface area contributed by atoms with Crippen LogP contribution in [0.3, 0.4) is 0 Å². The number of benzene rings is 1. The van der Waals surface area contributed by atoms with Gasteiger partial charge in [-0.25, -0.2) is 14.6 Å². The second-order valence-electron chi connectivity index (χ2n) is 9.55. The number of hydrogen-bond donors (Lipinski definition) is 1. The first-order chi connectivity index (χ1) is 14.4. The van der Waals surface area contributed by atoms with E-state index >= 15 is 0 Å². The first-order valence-corrected chi connectivity index (χ1v) is 10.5. The lowest BCUT2D eigenvalue weighted by Gasteiger charge is -2.30. The Morgan fingerprint density at radius 1 is 0.968 bits per heavy atom. The number of aromatic nitrogens is 1. The van der Waals surface area contributed by atoms with Crippen LogP contribution in [0.5, 0.6) is 0 Å². The molecular weight excluding hydrogens is 394 g/mol. The van der Waals surface area contributed by atoms with E-state index in [1.807, 2.05) is 36.4 Å². The molecule has 1 N–H and O–H groups in total. The van der Waals surface area contributed by atoms with Crippen molar-refractivity contribution in [2.45, 2.75) is 65.7 Å². The van der Waals surface area contributed by atoms with Crippen LogP contribution in [0, 0.1) is 0 Å². The summed E-state index contributed by atoms with van der Waals surface area (Å²) >= 11 is 0. The molecule has 3 rings (SSSR count). The van der Waals surface area contributed by atoms with Gasteiger partial charge in [-0.15, -0.1) is 0 Å².